The van der Waals surface area contributed by atoms with Gasteiger partial charge in [-0.25, -0.2) is 4.98 Å². The number of thiazole rings is 1. The zero-order valence-electron chi connectivity index (χ0n) is 8.86. The van der Waals surface area contributed by atoms with E-state index in [0.29, 0.717) is 6.04 Å². The molecule has 5 heteroatoms. The van der Waals surface area contributed by atoms with Crippen LogP contribution in [0.3, 0.4) is 0 Å². The van der Waals surface area contributed by atoms with Gasteiger partial charge in [0.25, 0.3) is 0 Å². The minimum atomic E-state index is -0.164. The van der Waals surface area contributed by atoms with E-state index in [4.69, 9.17) is 0 Å². The van der Waals surface area contributed by atoms with Crippen molar-refractivity contribution in [3.63, 3.8) is 0 Å². The topological polar surface area (TPSA) is 57.2 Å². The molecule has 1 aliphatic rings. The van der Waals surface area contributed by atoms with Gasteiger partial charge in [0, 0.05) is 36.8 Å². The monoisotopic (exact) mass is 227 g/mol. The summed E-state index contributed by atoms with van der Waals surface area (Å²) >= 11 is 1.73. The van der Waals surface area contributed by atoms with E-state index in [1.165, 1.54) is 4.88 Å². The van der Waals surface area contributed by atoms with Crippen LogP contribution < -0.4 is 10.6 Å². The summed E-state index contributed by atoms with van der Waals surface area (Å²) in [5.41, 5.74) is 0. The van der Waals surface area contributed by atoms with E-state index in [1.807, 2.05) is 13.1 Å². The summed E-state index contributed by atoms with van der Waals surface area (Å²) in [6.45, 7) is 4.53. The summed E-state index contributed by atoms with van der Waals surface area (Å²) in [7, 11) is 0. The minimum Gasteiger partial charge on any atom is -0.392 e. The van der Waals surface area contributed by atoms with E-state index >= 15 is 0 Å². The number of hydrogen-bond acceptors (Lipinski definition) is 5. The predicted molar refractivity (Wildman–Crippen MR) is 61.0 cm³/mol. The van der Waals surface area contributed by atoms with Gasteiger partial charge in [0.1, 0.15) is 0 Å². The molecule has 2 heterocycles. The Kier molecular flexibility index (Phi) is 3.69. The lowest BCUT2D eigenvalue weighted by Gasteiger charge is -2.10. The van der Waals surface area contributed by atoms with Gasteiger partial charge in [-0.05, 0) is 13.3 Å². The molecule has 84 valence electrons. The molecule has 1 aliphatic heterocycles. The van der Waals surface area contributed by atoms with Crippen molar-refractivity contribution in [2.75, 3.05) is 13.1 Å². The van der Waals surface area contributed by atoms with E-state index in [1.54, 1.807) is 11.3 Å². The number of aromatic nitrogens is 1. The van der Waals surface area contributed by atoms with Crippen LogP contribution in [-0.4, -0.2) is 35.3 Å². The van der Waals surface area contributed by atoms with Crippen LogP contribution >= 0.6 is 11.3 Å². The maximum absolute atomic E-state index is 9.32. The Labute approximate surface area is 93.7 Å². The first kappa shape index (κ1) is 11.0. The molecule has 0 amide bonds. The Balaban J connectivity index is 1.67. The van der Waals surface area contributed by atoms with Gasteiger partial charge < -0.3 is 15.7 Å². The Hall–Kier alpha value is -0.490. The number of aliphatic hydroxyl groups is 1. The highest BCUT2D eigenvalue weighted by atomic mass is 32.1. The van der Waals surface area contributed by atoms with Crippen molar-refractivity contribution in [1.29, 1.82) is 0 Å². The molecule has 0 radical (unpaired) electrons. The molecule has 0 aliphatic carbocycles. The second-order valence-corrected chi connectivity index (χ2v) is 5.29. The molecule has 0 aromatic carbocycles. The number of nitrogens with one attached hydrogen (secondary N) is 2. The molecule has 2 atom stereocenters. The normalized spacial score (nSPS) is 26.0. The average Bonchev–Trinajstić information content (AvgIpc) is 2.76. The van der Waals surface area contributed by atoms with Gasteiger partial charge in [-0.15, -0.1) is 11.3 Å². The Bertz CT molecular complexity index is 315. The lowest BCUT2D eigenvalue weighted by molar-refractivity contribution is 0.193. The molecule has 0 bridgehead atoms. The first-order valence-electron chi connectivity index (χ1n) is 5.27. The van der Waals surface area contributed by atoms with Gasteiger partial charge in [0.2, 0.25) is 0 Å². The summed E-state index contributed by atoms with van der Waals surface area (Å²) in [4.78, 5) is 5.47. The third kappa shape index (κ3) is 3.24. The van der Waals surface area contributed by atoms with Gasteiger partial charge in [0.05, 0.1) is 11.1 Å². The van der Waals surface area contributed by atoms with Crippen molar-refractivity contribution < 1.29 is 5.11 Å². The number of hydrogen-bond donors (Lipinski definition) is 3. The average molecular weight is 227 g/mol. The molecule has 1 aromatic rings. The highest BCUT2D eigenvalue weighted by molar-refractivity contribution is 7.11. The molecule has 2 rings (SSSR count). The number of aliphatic hydroxyl groups excluding tert-OH is 1. The van der Waals surface area contributed by atoms with E-state index in [-0.39, 0.29) is 6.10 Å². The zero-order chi connectivity index (χ0) is 10.7. The first-order chi connectivity index (χ1) is 7.24. The molecule has 0 saturated carbocycles. The summed E-state index contributed by atoms with van der Waals surface area (Å²) in [6.07, 6.45) is 2.61. The standard InChI is InChI=1S/C10H17N3OS/c1-7-12-6-10(15-7)5-11-3-8-2-9(14)4-13-8/h6,8-9,11,13-14H,2-5H2,1H3. The van der Waals surface area contributed by atoms with Crippen molar-refractivity contribution in [3.05, 3.63) is 16.1 Å². The Morgan fingerprint density at radius 2 is 2.60 bits per heavy atom. The van der Waals surface area contributed by atoms with Crippen molar-refractivity contribution in [1.82, 2.24) is 15.6 Å². The highest BCUT2D eigenvalue weighted by Crippen LogP contribution is 2.11. The van der Waals surface area contributed by atoms with Gasteiger partial charge in [0.15, 0.2) is 0 Å². The van der Waals surface area contributed by atoms with Gasteiger partial charge in [-0.2, -0.15) is 0 Å². The molecule has 1 saturated heterocycles. The van der Waals surface area contributed by atoms with Crippen LogP contribution in [0.4, 0.5) is 0 Å². The minimum absolute atomic E-state index is 0.164. The lowest BCUT2D eigenvalue weighted by Crippen LogP contribution is -2.33. The van der Waals surface area contributed by atoms with Gasteiger partial charge in [-0.1, -0.05) is 0 Å². The van der Waals surface area contributed by atoms with Crippen LogP contribution in [-0.2, 0) is 6.54 Å². The maximum Gasteiger partial charge on any atom is 0.0897 e. The quantitative estimate of drug-likeness (QED) is 0.691. The van der Waals surface area contributed by atoms with Crippen molar-refractivity contribution >= 4 is 11.3 Å². The van der Waals surface area contributed by atoms with Crippen LogP contribution in [0.25, 0.3) is 0 Å². The third-order valence-corrected chi connectivity index (χ3v) is 3.47. The molecular weight excluding hydrogens is 210 g/mol. The van der Waals surface area contributed by atoms with E-state index in [0.717, 1.165) is 31.1 Å². The second-order valence-electron chi connectivity index (χ2n) is 3.97. The second kappa shape index (κ2) is 5.03. The van der Waals surface area contributed by atoms with Crippen LogP contribution in [0.1, 0.15) is 16.3 Å². The maximum atomic E-state index is 9.32. The number of β-amino-alcohol motifs (C(OH)–C–C–N with tert-alkyl or cyclic N) is 1. The van der Waals surface area contributed by atoms with Crippen molar-refractivity contribution in [3.8, 4) is 0 Å². The summed E-state index contributed by atoms with van der Waals surface area (Å²) in [5, 5.41) is 17.1. The Morgan fingerprint density at radius 3 is 3.20 bits per heavy atom. The number of rotatable bonds is 4. The first-order valence-corrected chi connectivity index (χ1v) is 6.09. The Morgan fingerprint density at radius 1 is 1.73 bits per heavy atom. The SMILES string of the molecule is Cc1ncc(CNCC2CC(O)CN2)s1. The molecule has 1 fully saturated rings. The zero-order valence-corrected chi connectivity index (χ0v) is 9.68. The fourth-order valence-corrected chi connectivity index (χ4v) is 2.57. The van der Waals surface area contributed by atoms with E-state index in [9.17, 15) is 5.11 Å². The molecule has 2 unspecified atom stereocenters. The summed E-state index contributed by atoms with van der Waals surface area (Å²) in [5.74, 6) is 0. The smallest absolute Gasteiger partial charge is 0.0897 e. The van der Waals surface area contributed by atoms with Crippen LogP contribution in [0.2, 0.25) is 0 Å². The van der Waals surface area contributed by atoms with Crippen molar-refractivity contribution in [2.45, 2.75) is 32.0 Å². The van der Waals surface area contributed by atoms with Crippen LogP contribution in [0, 0.1) is 6.92 Å². The van der Waals surface area contributed by atoms with E-state index in [2.05, 4.69) is 15.6 Å². The third-order valence-electron chi connectivity index (χ3n) is 2.56. The highest BCUT2D eigenvalue weighted by Gasteiger charge is 2.21. The number of aryl methyl sites for hydroxylation is 1. The fraction of sp³-hybridized carbons (Fsp3) is 0.700. The fourth-order valence-electron chi connectivity index (χ4n) is 1.81. The van der Waals surface area contributed by atoms with Crippen LogP contribution in [0.15, 0.2) is 6.20 Å². The van der Waals surface area contributed by atoms with Gasteiger partial charge in [-0.3, -0.25) is 0 Å². The lowest BCUT2D eigenvalue weighted by atomic mass is 10.2. The summed E-state index contributed by atoms with van der Waals surface area (Å²) < 4.78 is 0. The van der Waals surface area contributed by atoms with Gasteiger partial charge >= 0.3 is 0 Å². The van der Waals surface area contributed by atoms with Crippen molar-refractivity contribution in [2.24, 2.45) is 0 Å². The van der Waals surface area contributed by atoms with E-state index < -0.39 is 0 Å². The molecule has 1 aromatic heterocycles. The van der Waals surface area contributed by atoms with Crippen LogP contribution in [0.5, 0.6) is 0 Å². The molecule has 15 heavy (non-hydrogen) atoms. The molecule has 4 nitrogen and oxygen atoms in total. The predicted octanol–water partition coefficient (Wildman–Crippen LogP) is 0.264. The largest absolute Gasteiger partial charge is 0.392 e. The molecule has 3 N–H and O–H groups in total. The number of nitrogens with zero attached hydrogens (tertiary/aromatic N) is 1. The summed E-state index contributed by atoms with van der Waals surface area (Å²) in [6, 6.07) is 0.411. The molecular formula is C10H17N3OS. The molecule has 0 spiro atoms.